The van der Waals surface area contributed by atoms with Crippen LogP contribution in [-0.2, 0) is 0 Å². The Hall–Kier alpha value is -2.10. The van der Waals surface area contributed by atoms with E-state index >= 15 is 0 Å². The average molecular weight is 215 g/mol. The van der Waals surface area contributed by atoms with E-state index in [2.05, 4.69) is 16.0 Å². The van der Waals surface area contributed by atoms with Gasteiger partial charge in [0.05, 0.1) is 12.4 Å². The average Bonchev–Trinajstić information content (AvgIpc) is 2.20. The molecule has 82 valence electrons. The first-order valence-electron chi connectivity index (χ1n) is 4.97. The predicted octanol–water partition coefficient (Wildman–Crippen LogP) is 2.47. The lowest BCUT2D eigenvalue weighted by molar-refractivity contribution is 0.460. The van der Waals surface area contributed by atoms with Crippen molar-refractivity contribution >= 4 is 5.82 Å². The molecule has 4 heteroatoms. The SMILES string of the molecule is Cc1cc(C)cc(Oc2cnc(N)cn2)c1. The van der Waals surface area contributed by atoms with E-state index in [0.717, 1.165) is 16.9 Å². The van der Waals surface area contributed by atoms with Gasteiger partial charge in [-0.1, -0.05) is 6.07 Å². The van der Waals surface area contributed by atoms with Gasteiger partial charge in [-0.05, 0) is 37.1 Å². The molecule has 4 nitrogen and oxygen atoms in total. The molecule has 0 bridgehead atoms. The van der Waals surface area contributed by atoms with E-state index in [1.54, 1.807) is 0 Å². The molecule has 16 heavy (non-hydrogen) atoms. The van der Waals surface area contributed by atoms with Gasteiger partial charge in [0.1, 0.15) is 11.6 Å². The summed E-state index contributed by atoms with van der Waals surface area (Å²) in [6, 6.07) is 5.98. The molecule has 2 N–H and O–H groups in total. The lowest BCUT2D eigenvalue weighted by Crippen LogP contribution is -1.94. The number of nitrogen functional groups attached to an aromatic ring is 1. The van der Waals surface area contributed by atoms with Gasteiger partial charge in [-0.2, -0.15) is 0 Å². The highest BCUT2D eigenvalue weighted by Crippen LogP contribution is 2.21. The molecule has 0 spiro atoms. The number of hydrogen-bond acceptors (Lipinski definition) is 4. The fraction of sp³-hybridized carbons (Fsp3) is 0.167. The molecule has 1 aromatic carbocycles. The molecular weight excluding hydrogens is 202 g/mol. The molecular formula is C12H13N3O. The van der Waals surface area contributed by atoms with Gasteiger partial charge in [-0.25, -0.2) is 9.97 Å². The Morgan fingerprint density at radius 1 is 1.00 bits per heavy atom. The summed E-state index contributed by atoms with van der Waals surface area (Å²) < 4.78 is 5.57. The van der Waals surface area contributed by atoms with E-state index in [1.807, 2.05) is 26.0 Å². The molecule has 0 unspecified atom stereocenters. The van der Waals surface area contributed by atoms with Crippen LogP contribution in [0.4, 0.5) is 5.82 Å². The number of nitrogens with two attached hydrogens (primary N) is 1. The molecule has 0 aliphatic rings. The fourth-order valence-electron chi connectivity index (χ4n) is 1.49. The Morgan fingerprint density at radius 3 is 2.25 bits per heavy atom. The Labute approximate surface area is 94.1 Å². The molecule has 0 saturated heterocycles. The number of anilines is 1. The van der Waals surface area contributed by atoms with Crippen LogP contribution in [0.2, 0.25) is 0 Å². The standard InChI is InChI=1S/C12H13N3O/c1-8-3-9(2)5-10(4-8)16-12-7-14-11(13)6-15-12/h3-7H,1-2H3,(H2,13,14). The van der Waals surface area contributed by atoms with Crippen molar-refractivity contribution in [3.63, 3.8) is 0 Å². The molecule has 2 rings (SSSR count). The highest BCUT2D eigenvalue weighted by atomic mass is 16.5. The minimum Gasteiger partial charge on any atom is -0.437 e. The van der Waals surface area contributed by atoms with E-state index in [0.29, 0.717) is 11.7 Å². The molecule has 2 aromatic rings. The number of hydrogen-bond donors (Lipinski definition) is 1. The molecule has 0 fully saturated rings. The van der Waals surface area contributed by atoms with E-state index in [1.165, 1.54) is 12.4 Å². The van der Waals surface area contributed by atoms with Crippen LogP contribution in [0.15, 0.2) is 30.6 Å². The summed E-state index contributed by atoms with van der Waals surface area (Å²) >= 11 is 0. The van der Waals surface area contributed by atoms with Crippen LogP contribution >= 0.6 is 0 Å². The van der Waals surface area contributed by atoms with Crippen LogP contribution in [0.5, 0.6) is 11.6 Å². The monoisotopic (exact) mass is 215 g/mol. The number of aromatic nitrogens is 2. The molecule has 1 heterocycles. The van der Waals surface area contributed by atoms with Gasteiger partial charge in [0.2, 0.25) is 5.88 Å². The first-order chi connectivity index (χ1) is 7.63. The molecule has 0 aliphatic carbocycles. The van der Waals surface area contributed by atoms with Crippen LogP contribution < -0.4 is 10.5 Å². The Bertz CT molecular complexity index is 474. The van der Waals surface area contributed by atoms with Crippen molar-refractivity contribution in [2.45, 2.75) is 13.8 Å². The van der Waals surface area contributed by atoms with Gasteiger partial charge < -0.3 is 10.5 Å². The van der Waals surface area contributed by atoms with Crippen molar-refractivity contribution < 1.29 is 4.74 Å². The van der Waals surface area contributed by atoms with Crippen molar-refractivity contribution in [3.05, 3.63) is 41.7 Å². The van der Waals surface area contributed by atoms with Crippen LogP contribution in [0.1, 0.15) is 11.1 Å². The summed E-state index contributed by atoms with van der Waals surface area (Å²) in [5.74, 6) is 1.59. The van der Waals surface area contributed by atoms with E-state index in [-0.39, 0.29) is 0 Å². The summed E-state index contributed by atoms with van der Waals surface area (Å²) in [7, 11) is 0. The van der Waals surface area contributed by atoms with Crippen molar-refractivity contribution in [2.24, 2.45) is 0 Å². The van der Waals surface area contributed by atoms with E-state index in [4.69, 9.17) is 10.5 Å². The summed E-state index contributed by atoms with van der Waals surface area (Å²) in [6.45, 7) is 4.04. The van der Waals surface area contributed by atoms with Gasteiger partial charge in [0, 0.05) is 0 Å². The van der Waals surface area contributed by atoms with Gasteiger partial charge in [0.25, 0.3) is 0 Å². The minimum atomic E-state index is 0.382. The molecule has 0 radical (unpaired) electrons. The zero-order valence-corrected chi connectivity index (χ0v) is 9.27. The Balaban J connectivity index is 2.23. The first kappa shape index (κ1) is 10.4. The zero-order valence-electron chi connectivity index (χ0n) is 9.27. The van der Waals surface area contributed by atoms with Crippen molar-refractivity contribution in [1.29, 1.82) is 0 Å². The normalized spacial score (nSPS) is 10.1. The number of rotatable bonds is 2. The van der Waals surface area contributed by atoms with E-state index < -0.39 is 0 Å². The van der Waals surface area contributed by atoms with Crippen molar-refractivity contribution in [3.8, 4) is 11.6 Å². The fourth-order valence-corrected chi connectivity index (χ4v) is 1.49. The third-order valence-corrected chi connectivity index (χ3v) is 2.07. The van der Waals surface area contributed by atoms with E-state index in [9.17, 15) is 0 Å². The molecule has 0 saturated carbocycles. The lowest BCUT2D eigenvalue weighted by atomic mass is 10.1. The third kappa shape index (κ3) is 2.48. The molecule has 0 amide bonds. The maximum absolute atomic E-state index is 5.57. The highest BCUT2D eigenvalue weighted by Gasteiger charge is 2.00. The second-order valence-electron chi connectivity index (χ2n) is 3.70. The number of benzene rings is 1. The number of ether oxygens (including phenoxy) is 1. The Morgan fingerprint density at radius 2 is 1.69 bits per heavy atom. The second kappa shape index (κ2) is 4.18. The molecule has 1 aromatic heterocycles. The highest BCUT2D eigenvalue weighted by molar-refractivity contribution is 5.35. The van der Waals surface area contributed by atoms with Crippen molar-refractivity contribution in [1.82, 2.24) is 9.97 Å². The van der Waals surface area contributed by atoms with Gasteiger partial charge in [0.15, 0.2) is 0 Å². The second-order valence-corrected chi connectivity index (χ2v) is 3.70. The summed E-state index contributed by atoms with van der Waals surface area (Å²) in [6.07, 6.45) is 2.98. The summed E-state index contributed by atoms with van der Waals surface area (Å²) in [4.78, 5) is 7.93. The van der Waals surface area contributed by atoms with Crippen LogP contribution in [0.25, 0.3) is 0 Å². The van der Waals surface area contributed by atoms with Crippen LogP contribution in [-0.4, -0.2) is 9.97 Å². The summed E-state index contributed by atoms with van der Waals surface area (Å²) in [5.41, 5.74) is 7.74. The largest absolute Gasteiger partial charge is 0.437 e. The summed E-state index contributed by atoms with van der Waals surface area (Å²) in [5, 5.41) is 0. The lowest BCUT2D eigenvalue weighted by Gasteiger charge is -2.06. The molecule has 0 aliphatic heterocycles. The van der Waals surface area contributed by atoms with Crippen molar-refractivity contribution in [2.75, 3.05) is 5.73 Å². The van der Waals surface area contributed by atoms with Crippen LogP contribution in [0, 0.1) is 13.8 Å². The smallest absolute Gasteiger partial charge is 0.237 e. The number of nitrogens with zero attached hydrogens (tertiary/aromatic N) is 2. The minimum absolute atomic E-state index is 0.382. The quantitative estimate of drug-likeness (QED) is 0.835. The van der Waals surface area contributed by atoms with Gasteiger partial charge >= 0.3 is 0 Å². The third-order valence-electron chi connectivity index (χ3n) is 2.07. The topological polar surface area (TPSA) is 61.0 Å². The van der Waals surface area contributed by atoms with Gasteiger partial charge in [-0.15, -0.1) is 0 Å². The maximum Gasteiger partial charge on any atom is 0.237 e. The first-order valence-corrected chi connectivity index (χ1v) is 4.97. The predicted molar refractivity (Wildman–Crippen MR) is 62.4 cm³/mol. The number of aryl methyl sites for hydroxylation is 2. The zero-order chi connectivity index (χ0) is 11.5. The Kier molecular flexibility index (Phi) is 2.72. The van der Waals surface area contributed by atoms with Crippen LogP contribution in [0.3, 0.4) is 0 Å². The van der Waals surface area contributed by atoms with Gasteiger partial charge in [-0.3, -0.25) is 0 Å². The maximum atomic E-state index is 5.57. The molecule has 0 atom stereocenters.